The lowest BCUT2D eigenvalue weighted by Gasteiger charge is -2.29. The molecule has 0 spiro atoms. The smallest absolute Gasteiger partial charge is 0.408 e. The second-order valence-electron chi connectivity index (χ2n) is 15.5. The summed E-state index contributed by atoms with van der Waals surface area (Å²) in [5, 5.41) is 22.8. The van der Waals surface area contributed by atoms with Gasteiger partial charge in [0.2, 0.25) is 11.8 Å². The van der Waals surface area contributed by atoms with Gasteiger partial charge in [-0.15, -0.1) is 11.3 Å². The van der Waals surface area contributed by atoms with Crippen LogP contribution in [-0.2, 0) is 19.1 Å². The van der Waals surface area contributed by atoms with Gasteiger partial charge in [-0.25, -0.2) is 19.6 Å². The molecule has 2 aromatic heterocycles. The first kappa shape index (κ1) is 37.0. The summed E-state index contributed by atoms with van der Waals surface area (Å²) in [5.41, 5.74) is 0.459. The maximum Gasteiger partial charge on any atom is 0.408 e. The normalized spacial score (nSPS) is 27.9. The van der Waals surface area contributed by atoms with E-state index in [0.29, 0.717) is 52.7 Å². The number of methoxy groups -OCH3 is 1. The fraction of sp³-hybridized carbons (Fsp3) is 0.550. The molecule has 1 saturated heterocycles. The van der Waals surface area contributed by atoms with Gasteiger partial charge in [-0.2, -0.15) is 0 Å². The second kappa shape index (κ2) is 15.7. The molecular formula is C40H48N6O8S. The first-order valence-electron chi connectivity index (χ1n) is 19.6. The van der Waals surface area contributed by atoms with Crippen LogP contribution in [0.1, 0.15) is 83.5 Å². The van der Waals surface area contributed by atoms with Crippen LogP contribution in [0.5, 0.6) is 11.5 Å². The van der Waals surface area contributed by atoms with E-state index in [1.807, 2.05) is 41.8 Å². The monoisotopic (exact) mass is 772 g/mol. The van der Waals surface area contributed by atoms with Gasteiger partial charge in [0.1, 0.15) is 47.0 Å². The third-order valence-electron chi connectivity index (χ3n) is 11.4. The molecule has 4 N–H and O–H groups in total. The highest BCUT2D eigenvalue weighted by Gasteiger charge is 2.61. The molecule has 4 fully saturated rings. The molecule has 3 aromatic rings. The van der Waals surface area contributed by atoms with E-state index in [1.54, 1.807) is 7.11 Å². The summed E-state index contributed by atoms with van der Waals surface area (Å²) in [7, 11) is 1.59. The minimum Gasteiger partial charge on any atom is -0.497 e. The number of nitrogens with zero attached hydrogens (tertiary/aromatic N) is 3. The maximum absolute atomic E-state index is 14.5. The Hall–Kier alpha value is -4.92. The van der Waals surface area contributed by atoms with E-state index in [2.05, 4.69) is 16.0 Å². The molecule has 2 aliphatic heterocycles. The highest BCUT2D eigenvalue weighted by atomic mass is 32.1. The highest BCUT2D eigenvalue weighted by molar-refractivity contribution is 7.14. The number of benzene rings is 1. The average molecular weight is 773 g/mol. The van der Waals surface area contributed by atoms with Gasteiger partial charge in [0.15, 0.2) is 5.13 Å². The third kappa shape index (κ3) is 8.21. The average Bonchev–Trinajstić information content (AvgIpc) is 3.87. The summed E-state index contributed by atoms with van der Waals surface area (Å²) in [4.78, 5) is 65.6. The maximum atomic E-state index is 14.5. The third-order valence-corrected chi connectivity index (χ3v) is 12.2. The molecule has 15 heteroatoms. The Balaban J connectivity index is 1.10. The van der Waals surface area contributed by atoms with Crippen LogP contribution >= 0.6 is 11.3 Å². The predicted octanol–water partition coefficient (Wildman–Crippen LogP) is 5.81. The number of amides is 3. The van der Waals surface area contributed by atoms with Crippen LogP contribution in [0.15, 0.2) is 41.8 Å². The zero-order chi connectivity index (χ0) is 38.1. The van der Waals surface area contributed by atoms with Crippen LogP contribution in [0, 0.1) is 5.92 Å². The number of aromatic nitrogens is 2. The molecule has 3 aliphatic carbocycles. The summed E-state index contributed by atoms with van der Waals surface area (Å²) in [5.74, 6) is -1.33. The number of anilines is 1. The van der Waals surface area contributed by atoms with E-state index < -0.39 is 47.6 Å². The Bertz CT molecular complexity index is 1980. The zero-order valence-corrected chi connectivity index (χ0v) is 31.8. The first-order chi connectivity index (χ1) is 26.7. The largest absolute Gasteiger partial charge is 0.497 e. The van der Waals surface area contributed by atoms with E-state index in [4.69, 9.17) is 24.2 Å². The van der Waals surface area contributed by atoms with Crippen LogP contribution in [0.25, 0.3) is 22.3 Å². The number of pyridine rings is 1. The van der Waals surface area contributed by atoms with Crippen molar-refractivity contribution >= 4 is 51.2 Å². The molecule has 14 nitrogen and oxygen atoms in total. The number of thiazole rings is 1. The van der Waals surface area contributed by atoms with Gasteiger partial charge >= 0.3 is 12.1 Å². The Morgan fingerprint density at radius 3 is 2.60 bits per heavy atom. The molecule has 0 bridgehead atoms. The highest BCUT2D eigenvalue weighted by Crippen LogP contribution is 2.45. The van der Waals surface area contributed by atoms with E-state index in [9.17, 15) is 24.3 Å². The SMILES string of the molecule is COc1ccc2c(O[C@@H]3CC4C(=O)N[C@]5(C(=O)O)C[C@H]5/C=C\CCCCC[C@@H](NC(=O)OC5CCCC5)C(=O)N4C3)cc(-c3csc(NC4CC4)n3)nc2c1. The lowest BCUT2D eigenvalue weighted by atomic mass is 10.0. The van der Waals surface area contributed by atoms with Gasteiger partial charge in [0.05, 0.1) is 24.9 Å². The number of allylic oxidation sites excluding steroid dienone is 1. The van der Waals surface area contributed by atoms with Crippen molar-refractivity contribution in [2.24, 2.45) is 5.92 Å². The van der Waals surface area contributed by atoms with E-state index in [-0.39, 0.29) is 31.4 Å². The number of hydrogen-bond acceptors (Lipinski definition) is 11. The molecular weight excluding hydrogens is 725 g/mol. The van der Waals surface area contributed by atoms with E-state index in [1.165, 1.54) is 16.2 Å². The van der Waals surface area contributed by atoms with Crippen LogP contribution in [0.3, 0.4) is 0 Å². The summed E-state index contributed by atoms with van der Waals surface area (Å²) in [6, 6.07) is 5.80. The quantitative estimate of drug-likeness (QED) is 0.193. The molecule has 3 amide bonds. The fourth-order valence-electron chi connectivity index (χ4n) is 8.05. The predicted molar refractivity (Wildman–Crippen MR) is 205 cm³/mol. The van der Waals surface area contributed by atoms with Crippen molar-refractivity contribution in [1.29, 1.82) is 0 Å². The van der Waals surface area contributed by atoms with Gasteiger partial charge in [0.25, 0.3) is 0 Å². The van der Waals surface area contributed by atoms with Crippen molar-refractivity contribution in [2.45, 2.75) is 119 Å². The van der Waals surface area contributed by atoms with E-state index >= 15 is 0 Å². The minimum absolute atomic E-state index is 0.0393. The van der Waals surface area contributed by atoms with Crippen molar-refractivity contribution in [3.63, 3.8) is 0 Å². The standard InChI is InChI=1S/C40H48N6O8S/c1-52-26-15-16-28-30(17-26)42-31(32-22-55-38(43-32)41-24-13-14-24)19-34(28)53-27-18-33-35(47)45-40(37(49)50)20-23(40)9-5-3-2-4-6-12-29(36(48)46(33)21-27)44-39(51)54-25-10-7-8-11-25/h5,9,15-17,19,22-25,27,29,33H,2-4,6-8,10-14,18,20-21H2,1H3,(H,41,43)(H,44,51)(H,45,47)(H,49,50)/b9-5-/t23-,27-,29-,33?,40-/m1/s1. The summed E-state index contributed by atoms with van der Waals surface area (Å²) in [6.45, 7) is 0.0393. The lowest BCUT2D eigenvalue weighted by molar-refractivity contribution is -0.145. The molecule has 1 aromatic carbocycles. The summed E-state index contributed by atoms with van der Waals surface area (Å²) >= 11 is 1.51. The molecule has 3 saturated carbocycles. The number of rotatable bonds is 9. The van der Waals surface area contributed by atoms with Crippen LogP contribution in [0.2, 0.25) is 0 Å². The number of alkyl carbamates (subject to hydrolysis) is 1. The van der Waals surface area contributed by atoms with Crippen LogP contribution in [-0.4, -0.2) is 93.4 Å². The molecule has 292 valence electrons. The number of carbonyl (C=O) groups is 4. The van der Waals surface area contributed by atoms with Crippen molar-refractivity contribution in [2.75, 3.05) is 19.0 Å². The van der Waals surface area contributed by atoms with Crippen molar-refractivity contribution in [3.8, 4) is 22.9 Å². The lowest BCUT2D eigenvalue weighted by Crippen LogP contribution is -2.56. The second-order valence-corrected chi connectivity index (χ2v) is 16.3. The van der Waals surface area contributed by atoms with Crippen LogP contribution in [0.4, 0.5) is 9.93 Å². The Morgan fingerprint density at radius 1 is 1.00 bits per heavy atom. The molecule has 0 radical (unpaired) electrons. The van der Waals surface area contributed by atoms with Crippen molar-refractivity contribution in [1.82, 2.24) is 25.5 Å². The Morgan fingerprint density at radius 2 is 1.82 bits per heavy atom. The molecule has 55 heavy (non-hydrogen) atoms. The number of carboxylic acid groups (broad SMARTS) is 1. The number of hydrogen-bond donors (Lipinski definition) is 4. The van der Waals surface area contributed by atoms with E-state index in [0.717, 1.165) is 62.9 Å². The first-order valence-corrected chi connectivity index (χ1v) is 20.4. The molecule has 5 atom stereocenters. The van der Waals surface area contributed by atoms with Gasteiger partial charge < -0.3 is 40.2 Å². The Kier molecular flexibility index (Phi) is 10.6. The number of carbonyl (C=O) groups excluding carboxylic acids is 3. The molecule has 5 aliphatic rings. The van der Waals surface area contributed by atoms with Crippen LogP contribution < -0.4 is 25.4 Å². The number of ether oxygens (including phenoxy) is 3. The minimum atomic E-state index is -1.44. The fourth-order valence-corrected chi connectivity index (χ4v) is 8.83. The number of carboxylic acids is 1. The number of aliphatic carboxylic acids is 1. The Labute approximate surface area is 323 Å². The number of fused-ring (bicyclic) bond motifs is 3. The van der Waals surface area contributed by atoms with Gasteiger partial charge in [0, 0.05) is 41.3 Å². The summed E-state index contributed by atoms with van der Waals surface area (Å²) in [6.07, 6.45) is 12.0. The molecule has 8 rings (SSSR count). The molecule has 1 unspecified atom stereocenters. The number of nitrogens with one attached hydrogen (secondary N) is 3. The topological polar surface area (TPSA) is 181 Å². The van der Waals surface area contributed by atoms with Gasteiger partial charge in [-0.1, -0.05) is 25.0 Å². The van der Waals surface area contributed by atoms with Crippen molar-refractivity contribution < 1.29 is 38.5 Å². The van der Waals surface area contributed by atoms with Gasteiger partial charge in [-0.05, 0) is 76.3 Å². The summed E-state index contributed by atoms with van der Waals surface area (Å²) < 4.78 is 17.9. The van der Waals surface area contributed by atoms with Crippen molar-refractivity contribution in [3.05, 3.63) is 41.8 Å². The zero-order valence-electron chi connectivity index (χ0n) is 31.0. The molecule has 4 heterocycles. The van der Waals surface area contributed by atoms with Gasteiger partial charge in [-0.3, -0.25) is 9.59 Å².